The summed E-state index contributed by atoms with van der Waals surface area (Å²) < 4.78 is 11.7. The number of cyclic esters (lactones) is 1. The number of carbonyl (C=O) groups is 2. The van der Waals surface area contributed by atoms with Crippen molar-refractivity contribution in [1.29, 1.82) is 0 Å². The monoisotopic (exact) mass is 583 g/mol. The average Bonchev–Trinajstić information content (AvgIpc) is 2.96. The second kappa shape index (κ2) is 15.5. The van der Waals surface area contributed by atoms with E-state index in [-0.39, 0.29) is 31.1 Å². The van der Waals surface area contributed by atoms with Crippen LogP contribution in [0.3, 0.4) is 0 Å². The predicted molar refractivity (Wildman–Crippen MR) is 163 cm³/mol. The van der Waals surface area contributed by atoms with Gasteiger partial charge in [0, 0.05) is 55.9 Å². The minimum Gasteiger partial charge on any atom is -0.457 e. The van der Waals surface area contributed by atoms with E-state index in [9.17, 15) is 19.8 Å². The number of piperazine rings is 1. The Labute approximate surface area is 250 Å². The van der Waals surface area contributed by atoms with Crippen molar-refractivity contribution >= 4 is 12.1 Å². The van der Waals surface area contributed by atoms with Crippen molar-refractivity contribution in [3.8, 4) is 0 Å². The van der Waals surface area contributed by atoms with Crippen molar-refractivity contribution < 1.29 is 29.3 Å². The van der Waals surface area contributed by atoms with Gasteiger partial charge in [-0.3, -0.25) is 14.7 Å². The number of amides is 1. The summed E-state index contributed by atoms with van der Waals surface area (Å²) in [6.07, 6.45) is 8.24. The highest BCUT2D eigenvalue weighted by molar-refractivity contribution is 5.70. The molecule has 42 heavy (non-hydrogen) atoms. The number of aromatic nitrogens is 1. The summed E-state index contributed by atoms with van der Waals surface area (Å²) in [7, 11) is 0. The number of rotatable bonds is 6. The van der Waals surface area contributed by atoms with E-state index < -0.39 is 36.0 Å². The quantitative estimate of drug-likeness (QED) is 0.284. The molecule has 3 heterocycles. The van der Waals surface area contributed by atoms with Crippen LogP contribution in [0.4, 0.5) is 4.79 Å². The van der Waals surface area contributed by atoms with Crippen LogP contribution in [0.25, 0.3) is 0 Å². The van der Waals surface area contributed by atoms with Gasteiger partial charge in [-0.2, -0.15) is 0 Å². The van der Waals surface area contributed by atoms with Crippen LogP contribution in [0.15, 0.2) is 60.3 Å². The number of aliphatic hydroxyl groups excluding tert-OH is 1. The van der Waals surface area contributed by atoms with Crippen molar-refractivity contribution in [2.45, 2.75) is 96.7 Å². The van der Waals surface area contributed by atoms with E-state index in [1.54, 1.807) is 24.1 Å². The Hall–Kier alpha value is -3.01. The SMILES string of the molecule is C/C(=C\C=C\[C@@H](C)c1ccccn1)[C@H]1OC(=O)C[C@H](O)CC[C@@](C)(O)[C@@H](OC(=O)N2CCN(C(C)C)CC2)/C=C\[C@@H]1C. The normalized spacial score (nSPS) is 30.4. The molecule has 1 fully saturated rings. The first kappa shape index (κ1) is 33.5. The van der Waals surface area contributed by atoms with Crippen LogP contribution in [-0.4, -0.2) is 93.2 Å². The molecule has 1 aromatic rings. The van der Waals surface area contributed by atoms with Crippen LogP contribution in [0.5, 0.6) is 0 Å². The maximum Gasteiger partial charge on any atom is 0.410 e. The van der Waals surface area contributed by atoms with Crippen LogP contribution in [0.2, 0.25) is 0 Å². The van der Waals surface area contributed by atoms with Crippen molar-refractivity contribution in [2.75, 3.05) is 26.2 Å². The molecule has 1 aromatic heterocycles. The van der Waals surface area contributed by atoms with Crippen LogP contribution in [-0.2, 0) is 14.3 Å². The smallest absolute Gasteiger partial charge is 0.410 e. The van der Waals surface area contributed by atoms with Gasteiger partial charge in [-0.15, -0.1) is 0 Å². The van der Waals surface area contributed by atoms with Crippen LogP contribution in [0, 0.1) is 5.92 Å². The van der Waals surface area contributed by atoms with Gasteiger partial charge in [0.15, 0.2) is 6.10 Å². The molecule has 0 spiro atoms. The van der Waals surface area contributed by atoms with E-state index in [0.29, 0.717) is 19.1 Å². The summed E-state index contributed by atoms with van der Waals surface area (Å²) >= 11 is 0. The topological polar surface area (TPSA) is 112 Å². The van der Waals surface area contributed by atoms with Crippen molar-refractivity contribution in [3.63, 3.8) is 0 Å². The lowest BCUT2D eigenvalue weighted by molar-refractivity contribution is -0.151. The molecule has 1 amide bonds. The fourth-order valence-corrected chi connectivity index (χ4v) is 5.27. The number of allylic oxidation sites excluding steroid dienone is 3. The zero-order valence-electron chi connectivity index (χ0n) is 26.0. The summed E-state index contributed by atoms with van der Waals surface area (Å²) in [5.74, 6) is -0.697. The van der Waals surface area contributed by atoms with Crippen LogP contribution in [0.1, 0.15) is 72.4 Å². The summed E-state index contributed by atoms with van der Waals surface area (Å²) in [5.41, 5.74) is 0.331. The molecular weight excluding hydrogens is 534 g/mol. The summed E-state index contributed by atoms with van der Waals surface area (Å²) in [5, 5.41) is 21.9. The van der Waals surface area contributed by atoms with Gasteiger partial charge in [0.05, 0.1) is 12.5 Å². The Morgan fingerprint density at radius 1 is 1.19 bits per heavy atom. The van der Waals surface area contributed by atoms with E-state index in [2.05, 4.69) is 30.7 Å². The van der Waals surface area contributed by atoms with Crippen molar-refractivity contribution in [3.05, 3.63) is 66.0 Å². The Balaban J connectivity index is 1.79. The van der Waals surface area contributed by atoms with Gasteiger partial charge in [-0.25, -0.2) is 4.79 Å². The maximum atomic E-state index is 13.1. The minimum absolute atomic E-state index is 0.104. The summed E-state index contributed by atoms with van der Waals surface area (Å²) in [6.45, 7) is 14.4. The van der Waals surface area contributed by atoms with Gasteiger partial charge >= 0.3 is 12.1 Å². The van der Waals surface area contributed by atoms with Gasteiger partial charge < -0.3 is 24.6 Å². The first-order valence-electron chi connectivity index (χ1n) is 15.1. The standard InChI is InChI=1S/C33H49N3O6/c1-23(2)35-18-20-36(21-19-35)32(39)41-29-14-13-26(5)31(42-30(38)22-27(37)15-16-33(29,6)40)25(4)11-9-10-24(3)28-12-7-8-17-34-28/h7-14,17,23-24,26-27,29,31,37,40H,15-16,18-22H2,1-6H3/b10-9+,14-13-,25-11+/t24-,26+,27-,29+,31-,33-/m1/s1. The lowest BCUT2D eigenvalue weighted by atomic mass is 9.88. The molecule has 2 aliphatic rings. The molecule has 0 aromatic carbocycles. The minimum atomic E-state index is -1.44. The molecule has 9 heteroatoms. The number of esters is 1. The van der Waals surface area contributed by atoms with Gasteiger partial charge in [0.1, 0.15) is 11.7 Å². The summed E-state index contributed by atoms with van der Waals surface area (Å²) in [4.78, 5) is 34.3. The van der Waals surface area contributed by atoms with Crippen molar-refractivity contribution in [1.82, 2.24) is 14.8 Å². The molecule has 0 saturated carbocycles. The molecule has 1 saturated heterocycles. The van der Waals surface area contributed by atoms with E-state index in [1.807, 2.05) is 56.4 Å². The number of nitrogens with zero attached hydrogens (tertiary/aromatic N) is 3. The third-order valence-corrected chi connectivity index (χ3v) is 8.22. The molecule has 232 valence electrons. The zero-order chi connectivity index (χ0) is 30.9. The Morgan fingerprint density at radius 3 is 2.55 bits per heavy atom. The molecule has 9 nitrogen and oxygen atoms in total. The van der Waals surface area contributed by atoms with Crippen LogP contribution < -0.4 is 0 Å². The number of carbonyl (C=O) groups excluding carboxylic acids is 2. The molecule has 3 rings (SSSR count). The Morgan fingerprint density at radius 2 is 1.90 bits per heavy atom. The number of aliphatic hydroxyl groups is 2. The van der Waals surface area contributed by atoms with Crippen molar-refractivity contribution in [2.24, 2.45) is 5.92 Å². The lowest BCUT2D eigenvalue weighted by Crippen LogP contribution is -2.52. The van der Waals surface area contributed by atoms with Gasteiger partial charge in [-0.1, -0.05) is 44.2 Å². The Bertz CT molecular complexity index is 1110. The molecule has 0 unspecified atom stereocenters. The maximum absolute atomic E-state index is 13.1. The zero-order valence-corrected chi connectivity index (χ0v) is 26.0. The fraction of sp³-hybridized carbons (Fsp3) is 0.606. The number of ether oxygens (including phenoxy) is 2. The lowest BCUT2D eigenvalue weighted by Gasteiger charge is -2.38. The molecular formula is C33H49N3O6. The molecule has 2 N–H and O–H groups in total. The highest BCUT2D eigenvalue weighted by Crippen LogP contribution is 2.27. The van der Waals surface area contributed by atoms with Gasteiger partial charge in [-0.05, 0) is 64.3 Å². The Kier molecular flexibility index (Phi) is 12.3. The highest BCUT2D eigenvalue weighted by atomic mass is 16.6. The van der Waals surface area contributed by atoms with Gasteiger partial charge in [0.2, 0.25) is 0 Å². The fourth-order valence-electron chi connectivity index (χ4n) is 5.27. The predicted octanol–water partition coefficient (Wildman–Crippen LogP) is 4.62. The summed E-state index contributed by atoms with van der Waals surface area (Å²) in [6, 6.07) is 6.22. The number of hydrogen-bond acceptors (Lipinski definition) is 8. The number of pyridine rings is 1. The van der Waals surface area contributed by atoms with E-state index in [4.69, 9.17) is 9.47 Å². The molecule has 6 atom stereocenters. The molecule has 2 aliphatic heterocycles. The van der Waals surface area contributed by atoms with E-state index in [1.165, 1.54) is 0 Å². The molecule has 0 radical (unpaired) electrons. The second-order valence-corrected chi connectivity index (χ2v) is 12.2. The first-order chi connectivity index (χ1) is 19.9. The van der Waals surface area contributed by atoms with Crippen LogP contribution >= 0.6 is 0 Å². The third-order valence-electron chi connectivity index (χ3n) is 8.22. The third kappa shape index (κ3) is 9.78. The average molecular weight is 584 g/mol. The highest BCUT2D eigenvalue weighted by Gasteiger charge is 2.37. The molecule has 0 bridgehead atoms. The molecule has 0 aliphatic carbocycles. The largest absolute Gasteiger partial charge is 0.457 e. The van der Waals surface area contributed by atoms with E-state index in [0.717, 1.165) is 24.4 Å². The van der Waals surface area contributed by atoms with Gasteiger partial charge in [0.25, 0.3) is 0 Å². The van der Waals surface area contributed by atoms with E-state index >= 15 is 0 Å². The first-order valence-corrected chi connectivity index (χ1v) is 15.1. The number of hydrogen-bond donors (Lipinski definition) is 2. The second-order valence-electron chi connectivity index (χ2n) is 12.2.